The Balaban J connectivity index is 1.67. The molecule has 4 rings (SSSR count). The van der Waals surface area contributed by atoms with E-state index in [4.69, 9.17) is 14.2 Å². The fraction of sp³-hybridized carbons (Fsp3) is 0.385. The second-order valence-electron chi connectivity index (χ2n) is 8.28. The lowest BCUT2D eigenvalue weighted by Crippen LogP contribution is -2.38. The van der Waals surface area contributed by atoms with Gasteiger partial charge in [-0.3, -0.25) is 14.5 Å². The highest BCUT2D eigenvalue weighted by atomic mass is 16.5. The third kappa shape index (κ3) is 4.78. The van der Waals surface area contributed by atoms with E-state index in [1.807, 2.05) is 30.3 Å². The maximum atomic E-state index is 13.2. The van der Waals surface area contributed by atoms with Crippen molar-refractivity contribution in [1.82, 2.24) is 9.80 Å². The Morgan fingerprint density at radius 2 is 1.71 bits per heavy atom. The molecular weight excluding hydrogens is 436 g/mol. The number of carbonyl (C=O) groups excluding carboxylic acids is 2. The molecule has 2 aromatic carbocycles. The molecule has 1 atom stereocenters. The van der Waals surface area contributed by atoms with Gasteiger partial charge in [-0.15, -0.1) is 0 Å². The average Bonchev–Trinajstić information content (AvgIpc) is 3.14. The standard InChI is InChI=1S/C26H30N2O6/c1-32-20-10-9-19(17-21(20)33-2)24(29)22-23(18-7-4-3-5-8-18)28(26(31)25(22)30)12-6-11-27-13-15-34-16-14-27/h3-5,7-10,17,23,29H,6,11-16H2,1-2H3. The molecule has 1 N–H and O–H groups in total. The van der Waals surface area contributed by atoms with Crippen LogP contribution in [0.1, 0.15) is 23.6 Å². The van der Waals surface area contributed by atoms with Crippen LogP contribution < -0.4 is 9.47 Å². The zero-order valence-corrected chi connectivity index (χ0v) is 19.5. The molecule has 8 nitrogen and oxygen atoms in total. The normalized spacial score (nSPS) is 20.5. The van der Waals surface area contributed by atoms with Crippen molar-refractivity contribution >= 4 is 17.4 Å². The van der Waals surface area contributed by atoms with Gasteiger partial charge in [0.05, 0.1) is 39.0 Å². The lowest BCUT2D eigenvalue weighted by molar-refractivity contribution is -0.140. The lowest BCUT2D eigenvalue weighted by atomic mass is 9.95. The zero-order chi connectivity index (χ0) is 24.1. The van der Waals surface area contributed by atoms with E-state index in [9.17, 15) is 14.7 Å². The van der Waals surface area contributed by atoms with Gasteiger partial charge in [-0.05, 0) is 30.2 Å². The Hall–Kier alpha value is -3.36. The summed E-state index contributed by atoms with van der Waals surface area (Å²) in [7, 11) is 3.02. The van der Waals surface area contributed by atoms with E-state index in [1.54, 1.807) is 23.1 Å². The Morgan fingerprint density at radius 3 is 2.38 bits per heavy atom. The van der Waals surface area contributed by atoms with Gasteiger partial charge in [-0.1, -0.05) is 30.3 Å². The number of amides is 1. The first-order chi connectivity index (χ1) is 16.5. The number of nitrogens with zero attached hydrogens (tertiary/aromatic N) is 2. The summed E-state index contributed by atoms with van der Waals surface area (Å²) >= 11 is 0. The number of aliphatic hydroxyl groups excluding tert-OH is 1. The van der Waals surface area contributed by atoms with Crippen molar-refractivity contribution in [2.24, 2.45) is 0 Å². The van der Waals surface area contributed by atoms with Crippen LogP contribution >= 0.6 is 0 Å². The van der Waals surface area contributed by atoms with Crippen molar-refractivity contribution in [3.63, 3.8) is 0 Å². The van der Waals surface area contributed by atoms with Crippen molar-refractivity contribution in [1.29, 1.82) is 0 Å². The Kier molecular flexibility index (Phi) is 7.49. The van der Waals surface area contributed by atoms with Gasteiger partial charge >= 0.3 is 0 Å². The molecule has 2 fully saturated rings. The van der Waals surface area contributed by atoms with Gasteiger partial charge in [0, 0.05) is 31.7 Å². The van der Waals surface area contributed by atoms with Gasteiger partial charge in [-0.25, -0.2) is 0 Å². The fourth-order valence-electron chi connectivity index (χ4n) is 4.52. The van der Waals surface area contributed by atoms with Crippen LogP contribution in [0.15, 0.2) is 54.1 Å². The molecule has 0 spiro atoms. The molecule has 0 radical (unpaired) electrons. The number of benzene rings is 2. The number of ether oxygens (including phenoxy) is 3. The number of methoxy groups -OCH3 is 2. The van der Waals surface area contributed by atoms with Crippen molar-refractivity contribution < 1.29 is 28.9 Å². The Labute approximate surface area is 199 Å². The van der Waals surface area contributed by atoms with Gasteiger partial charge in [0.15, 0.2) is 11.5 Å². The first-order valence-electron chi connectivity index (χ1n) is 11.4. The number of rotatable bonds is 8. The number of carbonyl (C=O) groups is 2. The molecule has 0 bridgehead atoms. The minimum atomic E-state index is -0.687. The van der Waals surface area contributed by atoms with E-state index in [0.717, 1.165) is 25.2 Å². The van der Waals surface area contributed by atoms with Crippen molar-refractivity contribution in [3.8, 4) is 11.5 Å². The summed E-state index contributed by atoms with van der Waals surface area (Å²) in [5.74, 6) is -0.598. The van der Waals surface area contributed by atoms with Crippen LogP contribution in [0.4, 0.5) is 0 Å². The van der Waals surface area contributed by atoms with Gasteiger partial charge in [0.2, 0.25) is 0 Å². The summed E-state index contributed by atoms with van der Waals surface area (Å²) in [5, 5.41) is 11.2. The molecule has 1 amide bonds. The minimum Gasteiger partial charge on any atom is -0.507 e. The molecule has 0 aromatic heterocycles. The third-order valence-electron chi connectivity index (χ3n) is 6.29. The molecule has 2 aliphatic rings. The molecule has 34 heavy (non-hydrogen) atoms. The molecule has 0 saturated carbocycles. The highest BCUT2D eigenvalue weighted by Gasteiger charge is 2.45. The molecule has 2 saturated heterocycles. The molecule has 2 aliphatic heterocycles. The lowest BCUT2D eigenvalue weighted by Gasteiger charge is -2.29. The van der Waals surface area contributed by atoms with E-state index in [1.165, 1.54) is 14.2 Å². The van der Waals surface area contributed by atoms with E-state index in [2.05, 4.69) is 4.90 Å². The highest BCUT2D eigenvalue weighted by Crippen LogP contribution is 2.40. The van der Waals surface area contributed by atoms with Gasteiger partial charge in [0.25, 0.3) is 11.7 Å². The fourth-order valence-corrected chi connectivity index (χ4v) is 4.52. The molecule has 2 aromatic rings. The monoisotopic (exact) mass is 466 g/mol. The minimum absolute atomic E-state index is 0.0785. The maximum Gasteiger partial charge on any atom is 0.295 e. The zero-order valence-electron chi connectivity index (χ0n) is 19.5. The molecule has 2 heterocycles. The SMILES string of the molecule is COc1ccc(C(O)=C2C(=O)C(=O)N(CCCN3CCOCC3)C2c2ccccc2)cc1OC. The van der Waals surface area contributed by atoms with Crippen LogP contribution in [0.25, 0.3) is 5.76 Å². The molecule has 180 valence electrons. The number of morpholine rings is 1. The first-order valence-corrected chi connectivity index (χ1v) is 11.4. The second kappa shape index (κ2) is 10.7. The first kappa shape index (κ1) is 23.8. The van der Waals surface area contributed by atoms with Gasteiger partial charge < -0.3 is 24.2 Å². The summed E-state index contributed by atoms with van der Waals surface area (Å²) in [4.78, 5) is 30.1. The highest BCUT2D eigenvalue weighted by molar-refractivity contribution is 6.46. The van der Waals surface area contributed by atoms with E-state index in [-0.39, 0.29) is 11.3 Å². The second-order valence-corrected chi connectivity index (χ2v) is 8.28. The van der Waals surface area contributed by atoms with Crippen molar-refractivity contribution in [3.05, 3.63) is 65.2 Å². The predicted octanol–water partition coefficient (Wildman–Crippen LogP) is 2.85. The van der Waals surface area contributed by atoms with E-state index < -0.39 is 17.7 Å². The number of hydrogen-bond donors (Lipinski definition) is 1. The molecular formula is C26H30N2O6. The number of hydrogen-bond acceptors (Lipinski definition) is 7. The van der Waals surface area contributed by atoms with E-state index in [0.29, 0.717) is 43.2 Å². The van der Waals surface area contributed by atoms with Crippen LogP contribution in [0.3, 0.4) is 0 Å². The number of Topliss-reactive ketones (excluding diaryl/α,β-unsaturated/α-hetero) is 1. The third-order valence-corrected chi connectivity index (χ3v) is 6.29. The Morgan fingerprint density at radius 1 is 1.00 bits per heavy atom. The largest absolute Gasteiger partial charge is 0.507 e. The van der Waals surface area contributed by atoms with E-state index >= 15 is 0 Å². The quantitative estimate of drug-likeness (QED) is 0.364. The number of ketones is 1. The summed E-state index contributed by atoms with van der Waals surface area (Å²) in [6.07, 6.45) is 0.715. The van der Waals surface area contributed by atoms with Crippen LogP contribution in [0, 0.1) is 0 Å². The summed E-state index contributed by atoms with van der Waals surface area (Å²) in [6, 6.07) is 13.6. The smallest absolute Gasteiger partial charge is 0.295 e. The van der Waals surface area contributed by atoms with Crippen LogP contribution in [0.2, 0.25) is 0 Å². The predicted molar refractivity (Wildman–Crippen MR) is 127 cm³/mol. The molecule has 8 heteroatoms. The number of likely N-dealkylation sites (tertiary alicyclic amines) is 1. The average molecular weight is 467 g/mol. The summed E-state index contributed by atoms with van der Waals surface area (Å²) in [5.41, 5.74) is 1.23. The van der Waals surface area contributed by atoms with Crippen molar-refractivity contribution in [2.75, 3.05) is 53.6 Å². The topological polar surface area (TPSA) is 88.5 Å². The van der Waals surface area contributed by atoms with Gasteiger partial charge in [-0.2, -0.15) is 0 Å². The molecule has 1 unspecified atom stereocenters. The van der Waals surface area contributed by atoms with Gasteiger partial charge in [0.1, 0.15) is 5.76 Å². The van der Waals surface area contributed by atoms with Crippen LogP contribution in [-0.4, -0.2) is 80.2 Å². The number of aliphatic hydroxyl groups is 1. The van der Waals surface area contributed by atoms with Crippen LogP contribution in [0.5, 0.6) is 11.5 Å². The Bertz CT molecular complexity index is 1060. The summed E-state index contributed by atoms with van der Waals surface area (Å²) in [6.45, 7) is 4.36. The van der Waals surface area contributed by atoms with Crippen molar-refractivity contribution in [2.45, 2.75) is 12.5 Å². The molecule has 0 aliphatic carbocycles. The maximum absolute atomic E-state index is 13.2. The summed E-state index contributed by atoms with van der Waals surface area (Å²) < 4.78 is 16.0. The van der Waals surface area contributed by atoms with Crippen LogP contribution in [-0.2, 0) is 14.3 Å².